The van der Waals surface area contributed by atoms with Crippen LogP contribution in [-0.4, -0.2) is 46.0 Å². The molecule has 0 radical (unpaired) electrons. The van der Waals surface area contributed by atoms with Gasteiger partial charge in [0.15, 0.2) is 0 Å². The minimum absolute atomic E-state index is 0.0674. The van der Waals surface area contributed by atoms with Crippen LogP contribution in [0, 0.1) is 5.82 Å². The van der Waals surface area contributed by atoms with Crippen LogP contribution in [-0.2, 0) is 15.9 Å². The molecule has 0 fully saturated rings. The summed E-state index contributed by atoms with van der Waals surface area (Å²) < 4.78 is 28.1. The van der Waals surface area contributed by atoms with E-state index in [4.69, 9.17) is 9.16 Å². The molecule has 0 saturated carbocycles. The van der Waals surface area contributed by atoms with Gasteiger partial charge >= 0.3 is 171 Å². The van der Waals surface area contributed by atoms with Gasteiger partial charge in [0.05, 0.1) is 0 Å². The van der Waals surface area contributed by atoms with E-state index >= 15 is 0 Å². The second-order valence-corrected chi connectivity index (χ2v) is 14.9. The number of nitrogens with one attached hydrogen (secondary N) is 1. The number of H-pyrrole nitrogens is 1. The van der Waals surface area contributed by atoms with Crippen molar-refractivity contribution in [2.24, 2.45) is 0 Å². The summed E-state index contributed by atoms with van der Waals surface area (Å²) in [6.07, 6.45) is 0. The Hall–Kier alpha value is -1.51. The van der Waals surface area contributed by atoms with E-state index in [1.54, 1.807) is 0 Å². The number of benzene rings is 1. The van der Waals surface area contributed by atoms with Gasteiger partial charge in [-0.2, -0.15) is 0 Å². The Morgan fingerprint density at radius 1 is 1.14 bits per heavy atom. The molecule has 1 aromatic carbocycles. The summed E-state index contributed by atoms with van der Waals surface area (Å²) in [5.74, 6) is -0.940. The fourth-order valence-electron chi connectivity index (χ4n) is 2.07. The molecule has 1 heterocycles. The molecule has 0 aliphatic heterocycles. The first kappa shape index (κ1) is 22.8. The van der Waals surface area contributed by atoms with Gasteiger partial charge in [-0.25, -0.2) is 0 Å². The Morgan fingerprint density at radius 3 is 2.39 bits per heavy atom. The molecule has 0 amide bonds. The van der Waals surface area contributed by atoms with Crippen molar-refractivity contribution in [1.82, 2.24) is 9.55 Å². The normalized spacial score (nSPS) is 12.4. The number of ether oxygens (including phenoxy) is 1. The van der Waals surface area contributed by atoms with Crippen LogP contribution in [0.1, 0.15) is 20.8 Å². The van der Waals surface area contributed by atoms with Gasteiger partial charge in [0.2, 0.25) is 0 Å². The van der Waals surface area contributed by atoms with E-state index in [-0.39, 0.29) is 23.0 Å². The van der Waals surface area contributed by atoms with E-state index in [0.29, 0.717) is 6.61 Å². The van der Waals surface area contributed by atoms with Gasteiger partial charge in [0.25, 0.3) is 0 Å². The van der Waals surface area contributed by atoms with E-state index in [2.05, 4.69) is 33.9 Å². The fraction of sp³-hybridized carbons (Fsp3) is 0.474. The zero-order valence-corrected chi connectivity index (χ0v) is 19.6. The molecule has 1 aromatic heterocycles. The third-order valence-corrected chi connectivity index (χ3v) is 11.6. The van der Waals surface area contributed by atoms with Gasteiger partial charge in [-0.15, -0.1) is 0 Å². The molecule has 9 heteroatoms. The molecular weight excluding hydrogens is 446 g/mol. The zero-order chi connectivity index (χ0) is 20.9. The van der Waals surface area contributed by atoms with Gasteiger partial charge in [-0.3, -0.25) is 0 Å². The molecule has 0 aliphatic carbocycles. The minimum atomic E-state index is -1.88. The van der Waals surface area contributed by atoms with Crippen LogP contribution in [0.4, 0.5) is 4.39 Å². The summed E-state index contributed by atoms with van der Waals surface area (Å²) in [4.78, 5) is 25.9. The molecule has 0 saturated heterocycles. The summed E-state index contributed by atoms with van der Waals surface area (Å²) in [5.41, 5.74) is -1.68. The first-order valence-corrected chi connectivity index (χ1v) is 13.6. The van der Waals surface area contributed by atoms with Crippen LogP contribution in [0.15, 0.2) is 39.9 Å². The summed E-state index contributed by atoms with van der Waals surface area (Å²) in [6.45, 7) is 11.3. The van der Waals surface area contributed by atoms with Crippen molar-refractivity contribution >= 4 is 32.3 Å². The summed E-state index contributed by atoms with van der Waals surface area (Å²) >= 11 is -0.542. The molecule has 154 valence electrons. The Labute approximate surface area is 171 Å². The number of hydrogen-bond donors (Lipinski definition) is 1. The van der Waals surface area contributed by atoms with Crippen molar-refractivity contribution in [3.8, 4) is 0 Å². The van der Waals surface area contributed by atoms with Crippen LogP contribution >= 0.6 is 0 Å². The Balaban J connectivity index is 2.08. The number of halogens is 1. The molecule has 0 bridgehead atoms. The average molecular weight is 473 g/mol. The molecule has 28 heavy (non-hydrogen) atoms. The maximum absolute atomic E-state index is 14.4. The monoisotopic (exact) mass is 474 g/mol. The molecule has 2 aromatic rings. The summed E-state index contributed by atoms with van der Waals surface area (Å²) in [5, 5.41) is 0.0946. The zero-order valence-electron chi connectivity index (χ0n) is 16.9. The van der Waals surface area contributed by atoms with Crippen molar-refractivity contribution in [3.63, 3.8) is 0 Å². The number of nitrogens with zero attached hydrogens (tertiary/aromatic N) is 1. The van der Waals surface area contributed by atoms with Gasteiger partial charge in [0, 0.05) is 0 Å². The quantitative estimate of drug-likeness (QED) is 0.464. The number of aromatic amines is 1. The van der Waals surface area contributed by atoms with E-state index in [9.17, 15) is 14.0 Å². The molecule has 0 spiro atoms. The first-order valence-electron chi connectivity index (χ1n) is 9.00. The van der Waals surface area contributed by atoms with Crippen LogP contribution < -0.4 is 20.3 Å². The maximum atomic E-state index is 14.4. The molecule has 2 rings (SSSR count). The Kier molecular flexibility index (Phi) is 7.58. The van der Waals surface area contributed by atoms with Crippen LogP contribution in [0.5, 0.6) is 0 Å². The number of aromatic nitrogens is 2. The Morgan fingerprint density at radius 2 is 1.79 bits per heavy atom. The average Bonchev–Trinajstić information content (AvgIpc) is 2.61. The van der Waals surface area contributed by atoms with Crippen molar-refractivity contribution < 1.29 is 13.6 Å². The topological polar surface area (TPSA) is 73.3 Å². The molecule has 0 aliphatic rings. The van der Waals surface area contributed by atoms with Gasteiger partial charge in [-0.1, -0.05) is 0 Å². The predicted molar refractivity (Wildman–Crippen MR) is 112 cm³/mol. The predicted octanol–water partition coefficient (Wildman–Crippen LogP) is 1.33. The number of rotatable bonds is 8. The van der Waals surface area contributed by atoms with Gasteiger partial charge in [-0.05, 0) is 0 Å². The Bertz CT molecular complexity index is 907. The van der Waals surface area contributed by atoms with E-state index < -0.39 is 40.3 Å². The van der Waals surface area contributed by atoms with Gasteiger partial charge in [0.1, 0.15) is 0 Å². The second-order valence-electron chi connectivity index (χ2n) is 7.87. The first-order chi connectivity index (χ1) is 13.0. The summed E-state index contributed by atoms with van der Waals surface area (Å²) in [6, 6.07) is 9.19. The van der Waals surface area contributed by atoms with Crippen LogP contribution in [0.2, 0.25) is 18.1 Å². The fourth-order valence-corrected chi connectivity index (χ4v) is 5.08. The molecule has 0 atom stereocenters. The van der Waals surface area contributed by atoms with E-state index in [0.717, 1.165) is 9.03 Å². The molecule has 0 unspecified atom stereocenters. The van der Waals surface area contributed by atoms with Crippen molar-refractivity contribution in [2.75, 3.05) is 13.2 Å². The van der Waals surface area contributed by atoms with Crippen molar-refractivity contribution in [3.05, 3.63) is 57.0 Å². The van der Waals surface area contributed by atoms with Gasteiger partial charge < -0.3 is 0 Å². The standard InChI is InChI=1S/C19H27FN2O4SeSi/c1-19(2,3)28(4,5)26-12-11-25-13-22-17(15(20)16(23)21-18(22)24)27-14-9-7-6-8-10-14/h6-10H,11-13H2,1-5H3,(H,21,23,24). The second kappa shape index (κ2) is 9.32. The number of hydrogen-bond acceptors (Lipinski definition) is 4. The van der Waals surface area contributed by atoms with Crippen LogP contribution in [0.3, 0.4) is 0 Å². The third-order valence-electron chi connectivity index (χ3n) is 4.77. The van der Waals surface area contributed by atoms with E-state index in [1.165, 1.54) is 0 Å². The van der Waals surface area contributed by atoms with Crippen molar-refractivity contribution in [1.29, 1.82) is 0 Å². The van der Waals surface area contributed by atoms with Crippen LogP contribution in [0.25, 0.3) is 0 Å². The van der Waals surface area contributed by atoms with Crippen molar-refractivity contribution in [2.45, 2.75) is 45.6 Å². The molecule has 6 nitrogen and oxygen atoms in total. The molecule has 1 N–H and O–H groups in total. The van der Waals surface area contributed by atoms with E-state index in [1.807, 2.05) is 35.3 Å². The third kappa shape index (κ3) is 5.75. The molecular formula is C19H27FN2O4SeSi. The SMILES string of the molecule is CC(C)(C)[Si](C)(C)OCCOCn1c([Se]c2ccccc2)c(F)c(=O)[nH]c1=O. The summed E-state index contributed by atoms with van der Waals surface area (Å²) in [7, 11) is -1.88.